The lowest BCUT2D eigenvalue weighted by Crippen LogP contribution is -2.61. The average molecular weight is 347 g/mol. The molecule has 5 atom stereocenters. The first-order valence-electron chi connectivity index (χ1n) is 8.60. The molecule has 2 aliphatic heterocycles. The maximum Gasteiger partial charge on any atom is 0.217 e. The van der Waals surface area contributed by atoms with E-state index in [0.29, 0.717) is 24.5 Å². The zero-order valence-electron chi connectivity index (χ0n) is 14.3. The van der Waals surface area contributed by atoms with Crippen molar-refractivity contribution in [2.24, 2.45) is 22.7 Å². The molecule has 7 nitrogen and oxygen atoms in total. The molecule has 7 heteroatoms. The molecule has 2 bridgehead atoms. The van der Waals surface area contributed by atoms with Crippen LogP contribution in [0.3, 0.4) is 0 Å². The molecule has 0 aromatic carbocycles. The Bertz CT molecular complexity index is 881. The molecule has 0 amide bonds. The largest absolute Gasteiger partial charge is 0.447 e. The second-order valence-corrected chi connectivity index (χ2v) is 7.38. The van der Waals surface area contributed by atoms with Crippen molar-refractivity contribution >= 4 is 5.90 Å². The smallest absolute Gasteiger partial charge is 0.217 e. The third-order valence-electron chi connectivity index (χ3n) is 6.13. The molecule has 2 saturated heterocycles. The molecule has 4 rings (SSSR count). The molecule has 26 heavy (non-hydrogen) atoms. The molecule has 3 fully saturated rings. The zero-order valence-corrected chi connectivity index (χ0v) is 14.3. The van der Waals surface area contributed by atoms with Gasteiger partial charge in [-0.25, -0.2) is 0 Å². The van der Waals surface area contributed by atoms with Crippen molar-refractivity contribution in [3.63, 3.8) is 0 Å². The lowest BCUT2D eigenvalue weighted by atomic mass is 9.51. The van der Waals surface area contributed by atoms with Gasteiger partial charge in [-0.15, -0.1) is 0 Å². The van der Waals surface area contributed by atoms with E-state index in [-0.39, 0.29) is 5.90 Å². The van der Waals surface area contributed by atoms with Gasteiger partial charge in [0.1, 0.15) is 6.10 Å². The average Bonchev–Trinajstić information content (AvgIpc) is 2.86. The van der Waals surface area contributed by atoms with Crippen molar-refractivity contribution in [2.75, 3.05) is 0 Å². The molecule has 3 aliphatic rings. The predicted molar refractivity (Wildman–Crippen MR) is 87.8 cm³/mol. The number of nitriles is 3. The summed E-state index contributed by atoms with van der Waals surface area (Å²) >= 11 is 0. The summed E-state index contributed by atoms with van der Waals surface area (Å²) in [4.78, 5) is 4.27. The zero-order chi connectivity index (χ0) is 18.6. The number of aromatic nitrogens is 1. The van der Waals surface area contributed by atoms with Gasteiger partial charge in [0.25, 0.3) is 0 Å². The summed E-state index contributed by atoms with van der Waals surface area (Å²) in [5, 5.41) is 38.8. The fourth-order valence-electron chi connectivity index (χ4n) is 4.82. The quantitative estimate of drug-likeness (QED) is 0.832. The highest BCUT2D eigenvalue weighted by molar-refractivity contribution is 5.89. The lowest BCUT2D eigenvalue weighted by molar-refractivity contribution is -0.299. The molecule has 1 aliphatic carbocycles. The van der Waals surface area contributed by atoms with Crippen LogP contribution in [-0.2, 0) is 9.47 Å². The molecule has 1 aromatic rings. The van der Waals surface area contributed by atoms with Crippen LogP contribution in [0.4, 0.5) is 0 Å². The van der Waals surface area contributed by atoms with Crippen molar-refractivity contribution in [3.05, 3.63) is 30.1 Å². The maximum atomic E-state index is 10.2. The Labute approximate surface area is 151 Å². The highest BCUT2D eigenvalue weighted by atomic mass is 16.7. The van der Waals surface area contributed by atoms with E-state index in [2.05, 4.69) is 18.0 Å². The molecule has 3 heterocycles. The Morgan fingerprint density at radius 2 is 2.00 bits per heavy atom. The summed E-state index contributed by atoms with van der Waals surface area (Å²) in [5.41, 5.74) is -3.19. The number of hydrogen-bond acceptors (Lipinski definition) is 7. The van der Waals surface area contributed by atoms with Crippen LogP contribution >= 0.6 is 0 Å². The van der Waals surface area contributed by atoms with E-state index in [1.54, 1.807) is 24.4 Å². The highest BCUT2D eigenvalue weighted by Gasteiger charge is 2.81. The first-order valence-corrected chi connectivity index (χ1v) is 8.60. The minimum absolute atomic E-state index is 0.292. The molecular weight excluding hydrogens is 330 g/mol. The van der Waals surface area contributed by atoms with Crippen molar-refractivity contribution in [1.29, 1.82) is 21.2 Å². The number of nitrogens with one attached hydrogen (secondary N) is 1. The number of hydrogen-bond donors (Lipinski definition) is 1. The van der Waals surface area contributed by atoms with Crippen LogP contribution in [0.1, 0.15) is 38.0 Å². The van der Waals surface area contributed by atoms with Gasteiger partial charge in [-0.3, -0.25) is 10.4 Å². The van der Waals surface area contributed by atoms with Crippen LogP contribution in [0.5, 0.6) is 0 Å². The SMILES string of the molecule is CC1CCC23OC(=N)C(C#N)(C2C1)C(C#N)(C#N)C(c1ccccn1)O3. The van der Waals surface area contributed by atoms with Gasteiger partial charge in [0, 0.05) is 12.6 Å². The minimum Gasteiger partial charge on any atom is -0.447 e. The Balaban J connectivity index is 2.00. The normalized spacial score (nSPS) is 39.6. The Morgan fingerprint density at radius 1 is 1.23 bits per heavy atom. The molecule has 130 valence electrons. The van der Waals surface area contributed by atoms with Gasteiger partial charge < -0.3 is 9.47 Å². The molecule has 1 saturated carbocycles. The van der Waals surface area contributed by atoms with Crippen molar-refractivity contribution < 1.29 is 9.47 Å². The predicted octanol–water partition coefficient (Wildman–Crippen LogP) is 2.84. The number of pyridine rings is 1. The first-order chi connectivity index (χ1) is 12.5. The minimum atomic E-state index is -1.91. The number of ether oxygens (including phenoxy) is 2. The fourth-order valence-corrected chi connectivity index (χ4v) is 4.82. The van der Waals surface area contributed by atoms with Gasteiger partial charge in [0.05, 0.1) is 29.8 Å². The molecule has 1 aromatic heterocycles. The van der Waals surface area contributed by atoms with Crippen LogP contribution < -0.4 is 0 Å². The molecule has 1 N–H and O–H groups in total. The monoisotopic (exact) mass is 347 g/mol. The highest BCUT2D eigenvalue weighted by Crippen LogP contribution is 2.69. The van der Waals surface area contributed by atoms with E-state index >= 15 is 0 Å². The summed E-state index contributed by atoms with van der Waals surface area (Å²) in [5.74, 6) is -1.73. The maximum absolute atomic E-state index is 10.2. The van der Waals surface area contributed by atoms with Crippen LogP contribution in [-0.4, -0.2) is 16.7 Å². The first kappa shape index (κ1) is 16.5. The summed E-state index contributed by atoms with van der Waals surface area (Å²) in [6, 6.07) is 11.4. The van der Waals surface area contributed by atoms with E-state index in [0.717, 1.165) is 6.42 Å². The van der Waals surface area contributed by atoms with E-state index in [4.69, 9.17) is 14.9 Å². The Morgan fingerprint density at radius 3 is 2.62 bits per heavy atom. The summed E-state index contributed by atoms with van der Waals surface area (Å²) < 4.78 is 12.1. The third kappa shape index (κ3) is 1.68. The molecule has 5 unspecified atom stereocenters. The summed E-state index contributed by atoms with van der Waals surface area (Å²) in [6.07, 6.45) is 2.40. The van der Waals surface area contributed by atoms with Gasteiger partial charge in [-0.2, -0.15) is 15.8 Å². The Hall–Kier alpha value is -2.95. The topological polar surface area (TPSA) is 127 Å². The van der Waals surface area contributed by atoms with E-state index < -0.39 is 28.6 Å². The number of nitrogens with zero attached hydrogens (tertiary/aromatic N) is 4. The van der Waals surface area contributed by atoms with Gasteiger partial charge >= 0.3 is 0 Å². The van der Waals surface area contributed by atoms with E-state index in [9.17, 15) is 15.8 Å². The Kier molecular flexibility index (Phi) is 3.35. The van der Waals surface area contributed by atoms with Crippen molar-refractivity contribution in [1.82, 2.24) is 4.98 Å². The second-order valence-electron chi connectivity index (χ2n) is 7.38. The molecule has 0 spiro atoms. The lowest BCUT2D eigenvalue weighted by Gasteiger charge is -2.52. The van der Waals surface area contributed by atoms with Gasteiger partial charge in [0.2, 0.25) is 17.1 Å². The van der Waals surface area contributed by atoms with E-state index in [1.165, 1.54) is 0 Å². The van der Waals surface area contributed by atoms with E-state index in [1.807, 2.05) is 12.1 Å². The van der Waals surface area contributed by atoms with Crippen LogP contribution in [0.2, 0.25) is 0 Å². The second kappa shape index (κ2) is 5.27. The fraction of sp³-hybridized carbons (Fsp3) is 0.526. The summed E-state index contributed by atoms with van der Waals surface area (Å²) in [6.45, 7) is 2.06. The van der Waals surface area contributed by atoms with Crippen molar-refractivity contribution in [2.45, 2.75) is 38.1 Å². The third-order valence-corrected chi connectivity index (χ3v) is 6.13. The van der Waals surface area contributed by atoms with Crippen molar-refractivity contribution in [3.8, 4) is 18.2 Å². The molecular formula is C19H17N5O2. The molecule has 0 radical (unpaired) electrons. The van der Waals surface area contributed by atoms with Gasteiger partial charge in [0.15, 0.2) is 5.41 Å². The van der Waals surface area contributed by atoms with Crippen LogP contribution in [0.15, 0.2) is 24.4 Å². The van der Waals surface area contributed by atoms with Crippen LogP contribution in [0.25, 0.3) is 0 Å². The van der Waals surface area contributed by atoms with Gasteiger partial charge in [-0.05, 0) is 30.9 Å². The number of rotatable bonds is 1. The van der Waals surface area contributed by atoms with Crippen LogP contribution in [0, 0.1) is 62.1 Å². The van der Waals surface area contributed by atoms with Gasteiger partial charge in [-0.1, -0.05) is 13.0 Å². The summed E-state index contributed by atoms with van der Waals surface area (Å²) in [7, 11) is 0. The standard InChI is InChI=1S/C19H17N5O2/c1-12-5-6-19-14(8-12)18(11-22,16(23)26-19)17(9-20,10-21)15(25-19)13-4-2-3-7-24-13/h2-4,7,12,14-15,23H,5-6,8H2,1H3.